The van der Waals surface area contributed by atoms with Crippen molar-refractivity contribution in [1.82, 2.24) is 25.3 Å². The second-order valence-corrected chi connectivity index (χ2v) is 5.43. The zero-order valence-electron chi connectivity index (χ0n) is 13.6. The Bertz CT molecular complexity index is 699. The van der Waals surface area contributed by atoms with Crippen LogP contribution in [-0.2, 0) is 24.9 Å². The van der Waals surface area contributed by atoms with E-state index in [0.29, 0.717) is 6.54 Å². The number of carbonyl (C=O) groups excluding carboxylic acids is 2. The van der Waals surface area contributed by atoms with Crippen molar-refractivity contribution in [3.63, 3.8) is 0 Å². The summed E-state index contributed by atoms with van der Waals surface area (Å²) in [4.78, 5) is 25.2. The van der Waals surface area contributed by atoms with Crippen LogP contribution in [0.15, 0.2) is 36.7 Å². The van der Waals surface area contributed by atoms with E-state index in [2.05, 4.69) is 15.7 Å². The molecule has 2 aromatic rings. The number of urea groups is 1. The van der Waals surface area contributed by atoms with Gasteiger partial charge in [0.1, 0.15) is 5.82 Å². The van der Waals surface area contributed by atoms with Gasteiger partial charge in [-0.15, -0.1) is 0 Å². The molecule has 0 spiro atoms. The van der Waals surface area contributed by atoms with Gasteiger partial charge in [0, 0.05) is 38.9 Å². The lowest BCUT2D eigenvalue weighted by atomic mass is 10.2. The molecule has 7 nitrogen and oxygen atoms in total. The molecule has 0 saturated carbocycles. The van der Waals surface area contributed by atoms with Crippen LogP contribution in [0.4, 0.5) is 9.18 Å². The average molecular weight is 333 g/mol. The fourth-order valence-electron chi connectivity index (χ4n) is 2.05. The number of rotatable bonds is 6. The van der Waals surface area contributed by atoms with E-state index in [9.17, 15) is 14.0 Å². The van der Waals surface area contributed by atoms with E-state index in [1.54, 1.807) is 37.1 Å². The Hall–Kier alpha value is -2.90. The third-order valence-corrected chi connectivity index (χ3v) is 3.37. The van der Waals surface area contributed by atoms with Crippen molar-refractivity contribution in [3.8, 4) is 0 Å². The molecule has 1 aromatic heterocycles. The predicted molar refractivity (Wildman–Crippen MR) is 86.3 cm³/mol. The summed E-state index contributed by atoms with van der Waals surface area (Å²) in [7, 11) is 3.46. The molecule has 0 aliphatic carbocycles. The van der Waals surface area contributed by atoms with Crippen molar-refractivity contribution in [2.24, 2.45) is 7.05 Å². The highest BCUT2D eigenvalue weighted by atomic mass is 19.1. The number of hydrogen-bond acceptors (Lipinski definition) is 3. The first kappa shape index (κ1) is 17.5. The molecule has 0 fully saturated rings. The molecular formula is C16H20FN5O2. The average Bonchev–Trinajstić information content (AvgIpc) is 2.96. The largest absolute Gasteiger partial charge is 0.340 e. The number of halogens is 1. The zero-order chi connectivity index (χ0) is 17.5. The molecule has 24 heavy (non-hydrogen) atoms. The number of nitrogens with zero attached hydrogens (tertiary/aromatic N) is 3. The van der Waals surface area contributed by atoms with Gasteiger partial charge in [0.25, 0.3) is 0 Å². The van der Waals surface area contributed by atoms with Crippen molar-refractivity contribution in [1.29, 1.82) is 0 Å². The molecule has 0 atom stereocenters. The highest BCUT2D eigenvalue weighted by Gasteiger charge is 2.11. The van der Waals surface area contributed by atoms with Gasteiger partial charge < -0.3 is 15.5 Å². The summed E-state index contributed by atoms with van der Waals surface area (Å²) in [6.07, 6.45) is 3.51. The van der Waals surface area contributed by atoms with Crippen LogP contribution in [0.1, 0.15) is 11.1 Å². The summed E-state index contributed by atoms with van der Waals surface area (Å²) in [6, 6.07) is 5.37. The van der Waals surface area contributed by atoms with Crippen LogP contribution in [0, 0.1) is 5.82 Å². The lowest BCUT2D eigenvalue weighted by Gasteiger charge is -2.16. The van der Waals surface area contributed by atoms with Gasteiger partial charge in [-0.2, -0.15) is 5.10 Å². The second kappa shape index (κ2) is 8.09. The maximum Gasteiger partial charge on any atom is 0.315 e. The first-order chi connectivity index (χ1) is 11.4. The molecule has 2 N–H and O–H groups in total. The topological polar surface area (TPSA) is 79.3 Å². The Morgan fingerprint density at radius 1 is 1.21 bits per heavy atom. The monoisotopic (exact) mass is 333 g/mol. The van der Waals surface area contributed by atoms with E-state index in [1.807, 2.05) is 6.20 Å². The Balaban J connectivity index is 1.70. The number of nitrogens with one attached hydrogen (secondary N) is 2. The third kappa shape index (κ3) is 5.38. The number of carbonyl (C=O) groups is 2. The van der Waals surface area contributed by atoms with Crippen molar-refractivity contribution in [2.75, 3.05) is 13.6 Å². The Morgan fingerprint density at radius 3 is 2.54 bits per heavy atom. The molecule has 1 heterocycles. The minimum Gasteiger partial charge on any atom is -0.340 e. The smallest absolute Gasteiger partial charge is 0.315 e. The summed E-state index contributed by atoms with van der Waals surface area (Å²) in [5, 5.41) is 9.15. The quantitative estimate of drug-likeness (QED) is 0.828. The fraction of sp³-hybridized carbons (Fsp3) is 0.312. The van der Waals surface area contributed by atoms with E-state index in [1.165, 1.54) is 17.0 Å². The number of likely N-dealkylation sites (N-methyl/N-ethyl adjacent to an activating group) is 1. The number of aromatic nitrogens is 2. The van der Waals surface area contributed by atoms with Crippen LogP contribution in [0.5, 0.6) is 0 Å². The van der Waals surface area contributed by atoms with E-state index < -0.39 is 6.03 Å². The van der Waals surface area contributed by atoms with E-state index in [0.717, 1.165) is 11.1 Å². The summed E-state index contributed by atoms with van der Waals surface area (Å²) in [5.41, 5.74) is 1.68. The summed E-state index contributed by atoms with van der Waals surface area (Å²) in [6.45, 7) is 0.573. The molecule has 0 radical (unpaired) electrons. The third-order valence-electron chi connectivity index (χ3n) is 3.37. The van der Waals surface area contributed by atoms with Gasteiger partial charge in [0.05, 0.1) is 12.7 Å². The first-order valence-corrected chi connectivity index (χ1v) is 7.41. The molecule has 2 rings (SSSR count). The van der Waals surface area contributed by atoms with Gasteiger partial charge in [-0.1, -0.05) is 12.1 Å². The van der Waals surface area contributed by atoms with Crippen molar-refractivity contribution >= 4 is 11.9 Å². The van der Waals surface area contributed by atoms with Crippen LogP contribution >= 0.6 is 0 Å². The van der Waals surface area contributed by atoms with Crippen LogP contribution in [0.2, 0.25) is 0 Å². The van der Waals surface area contributed by atoms with Crippen LogP contribution in [-0.4, -0.2) is 40.2 Å². The zero-order valence-corrected chi connectivity index (χ0v) is 13.6. The summed E-state index contributed by atoms with van der Waals surface area (Å²) < 4.78 is 14.4. The molecule has 8 heteroatoms. The fourth-order valence-corrected chi connectivity index (χ4v) is 2.05. The molecule has 128 valence electrons. The summed E-state index contributed by atoms with van der Waals surface area (Å²) in [5.74, 6) is -0.541. The number of aryl methyl sites for hydroxylation is 1. The van der Waals surface area contributed by atoms with E-state index >= 15 is 0 Å². The summed E-state index contributed by atoms with van der Waals surface area (Å²) >= 11 is 0. The predicted octanol–water partition coefficient (Wildman–Crippen LogP) is 1.02. The van der Waals surface area contributed by atoms with Crippen molar-refractivity contribution in [2.45, 2.75) is 13.1 Å². The van der Waals surface area contributed by atoms with Crippen LogP contribution in [0.3, 0.4) is 0 Å². The Labute approximate surface area is 139 Å². The maximum atomic E-state index is 12.8. The molecule has 1 aromatic carbocycles. The minimum absolute atomic E-state index is 0.105. The van der Waals surface area contributed by atoms with E-state index in [-0.39, 0.29) is 24.8 Å². The SMILES string of the molecule is CN(Cc1cnn(C)c1)C(=O)CNC(=O)NCc1ccc(F)cc1. The second-order valence-electron chi connectivity index (χ2n) is 5.43. The molecule has 3 amide bonds. The highest BCUT2D eigenvalue weighted by Crippen LogP contribution is 2.02. The van der Waals surface area contributed by atoms with Gasteiger partial charge in [0.2, 0.25) is 5.91 Å². The number of hydrogen-bond donors (Lipinski definition) is 2. The molecule has 0 aliphatic rings. The maximum absolute atomic E-state index is 12.8. The van der Waals surface area contributed by atoms with E-state index in [4.69, 9.17) is 0 Å². The Kier molecular flexibility index (Phi) is 5.89. The number of benzene rings is 1. The molecular weight excluding hydrogens is 313 g/mol. The number of amides is 3. The lowest BCUT2D eigenvalue weighted by Crippen LogP contribution is -2.42. The normalized spacial score (nSPS) is 10.3. The Morgan fingerprint density at radius 2 is 1.92 bits per heavy atom. The standard InChI is InChI=1S/C16H20FN5O2/c1-21(10-13-8-20-22(2)11-13)15(23)9-19-16(24)18-7-12-3-5-14(17)6-4-12/h3-6,8,11H,7,9-10H2,1-2H3,(H2,18,19,24). The van der Waals surface area contributed by atoms with Gasteiger partial charge in [-0.25, -0.2) is 9.18 Å². The molecule has 0 bridgehead atoms. The van der Waals surface area contributed by atoms with Crippen molar-refractivity contribution < 1.29 is 14.0 Å². The van der Waals surface area contributed by atoms with Crippen LogP contribution in [0.25, 0.3) is 0 Å². The minimum atomic E-state index is -0.456. The van der Waals surface area contributed by atoms with Gasteiger partial charge >= 0.3 is 6.03 Å². The van der Waals surface area contributed by atoms with Crippen LogP contribution < -0.4 is 10.6 Å². The van der Waals surface area contributed by atoms with Gasteiger partial charge in [-0.3, -0.25) is 9.48 Å². The highest BCUT2D eigenvalue weighted by molar-refractivity contribution is 5.83. The molecule has 0 aliphatic heterocycles. The van der Waals surface area contributed by atoms with Crippen molar-refractivity contribution in [3.05, 3.63) is 53.6 Å². The van der Waals surface area contributed by atoms with Gasteiger partial charge in [-0.05, 0) is 17.7 Å². The lowest BCUT2D eigenvalue weighted by molar-refractivity contribution is -0.129. The van der Waals surface area contributed by atoms with Gasteiger partial charge in [0.15, 0.2) is 0 Å². The first-order valence-electron chi connectivity index (χ1n) is 7.41. The molecule has 0 saturated heterocycles. The molecule has 0 unspecified atom stereocenters.